The Hall–Kier alpha value is -3.13. The molecule has 2 atom stereocenters. The molecular weight excluding hydrogens is 401 g/mol. The minimum atomic E-state index is -1.47. The number of halogens is 1. The summed E-state index contributed by atoms with van der Waals surface area (Å²) in [6.07, 6.45) is 4.17. The van der Waals surface area contributed by atoms with Crippen LogP contribution in [0.3, 0.4) is 0 Å². The minimum Gasteiger partial charge on any atom is -0.394 e. The zero-order chi connectivity index (χ0) is 22.0. The summed E-state index contributed by atoms with van der Waals surface area (Å²) in [5.74, 6) is -1.78. The standard InChI is InChI=1S/C23H24FN3O4/c24-18-6-1-5-17(10-18)23(11-20(29)26-9-3-7-19(26)15-28)12-21(30)27(22(23)31)14-16-4-2-8-25-13-16/h1-2,4-6,8,10,13,19,28H,3,7,9,11-12,14-15H2/t19-,23-/m0/s1. The molecule has 2 aromatic rings. The van der Waals surface area contributed by atoms with Crippen LogP contribution in [0, 0.1) is 5.82 Å². The maximum Gasteiger partial charge on any atom is 0.241 e. The van der Waals surface area contributed by atoms with Crippen molar-refractivity contribution in [3.63, 3.8) is 0 Å². The van der Waals surface area contributed by atoms with Gasteiger partial charge in [0.05, 0.1) is 24.6 Å². The van der Waals surface area contributed by atoms with E-state index in [4.69, 9.17) is 0 Å². The number of aromatic nitrogens is 1. The highest BCUT2D eigenvalue weighted by Gasteiger charge is 2.54. The first-order valence-corrected chi connectivity index (χ1v) is 10.3. The zero-order valence-electron chi connectivity index (χ0n) is 17.0. The van der Waals surface area contributed by atoms with E-state index in [1.54, 1.807) is 35.5 Å². The molecule has 7 nitrogen and oxygen atoms in total. The third kappa shape index (κ3) is 3.95. The molecule has 0 radical (unpaired) electrons. The molecule has 2 aliphatic heterocycles. The van der Waals surface area contributed by atoms with E-state index in [-0.39, 0.29) is 37.9 Å². The normalized spacial score (nSPS) is 23.6. The predicted octanol–water partition coefficient (Wildman–Crippen LogP) is 1.79. The second-order valence-corrected chi connectivity index (χ2v) is 8.16. The summed E-state index contributed by atoms with van der Waals surface area (Å²) in [5.41, 5.74) is -0.473. The van der Waals surface area contributed by atoms with Crippen LogP contribution in [-0.4, -0.2) is 56.8 Å². The predicted molar refractivity (Wildman–Crippen MR) is 109 cm³/mol. The lowest BCUT2D eigenvalue weighted by atomic mass is 9.75. The molecule has 2 fully saturated rings. The summed E-state index contributed by atoms with van der Waals surface area (Å²) in [6.45, 7) is 0.378. The molecular formula is C23H24FN3O4. The Morgan fingerprint density at radius 1 is 1.26 bits per heavy atom. The average molecular weight is 425 g/mol. The molecule has 3 amide bonds. The molecule has 162 valence electrons. The molecule has 0 bridgehead atoms. The van der Waals surface area contributed by atoms with E-state index < -0.39 is 23.0 Å². The van der Waals surface area contributed by atoms with Crippen LogP contribution in [0.5, 0.6) is 0 Å². The molecule has 0 spiro atoms. The molecule has 8 heteroatoms. The third-order valence-corrected chi connectivity index (χ3v) is 6.21. The molecule has 3 heterocycles. The minimum absolute atomic E-state index is 0.0414. The summed E-state index contributed by atoms with van der Waals surface area (Å²) < 4.78 is 14.1. The van der Waals surface area contributed by atoms with Crippen molar-refractivity contribution < 1.29 is 23.9 Å². The highest BCUT2D eigenvalue weighted by Crippen LogP contribution is 2.41. The second-order valence-electron chi connectivity index (χ2n) is 8.16. The number of benzene rings is 1. The van der Waals surface area contributed by atoms with E-state index in [0.29, 0.717) is 24.1 Å². The molecule has 31 heavy (non-hydrogen) atoms. The number of amides is 3. The van der Waals surface area contributed by atoms with E-state index in [1.807, 2.05) is 0 Å². The van der Waals surface area contributed by atoms with Gasteiger partial charge in [-0.05, 0) is 42.2 Å². The largest absolute Gasteiger partial charge is 0.394 e. The Bertz CT molecular complexity index is 999. The maximum atomic E-state index is 14.1. The fraction of sp³-hybridized carbons (Fsp3) is 0.391. The number of hydrogen-bond donors (Lipinski definition) is 1. The van der Waals surface area contributed by atoms with Gasteiger partial charge in [-0.1, -0.05) is 18.2 Å². The number of imide groups is 1. The van der Waals surface area contributed by atoms with Crippen LogP contribution in [0.1, 0.15) is 36.8 Å². The van der Waals surface area contributed by atoms with Gasteiger partial charge < -0.3 is 10.0 Å². The van der Waals surface area contributed by atoms with E-state index in [9.17, 15) is 23.9 Å². The van der Waals surface area contributed by atoms with E-state index in [1.165, 1.54) is 18.2 Å². The molecule has 0 unspecified atom stereocenters. The van der Waals surface area contributed by atoms with Crippen LogP contribution in [0.2, 0.25) is 0 Å². The first kappa shape index (κ1) is 21.1. The Labute approximate surface area is 179 Å². The van der Waals surface area contributed by atoms with E-state index >= 15 is 0 Å². The zero-order valence-corrected chi connectivity index (χ0v) is 17.0. The Balaban J connectivity index is 1.69. The molecule has 2 saturated heterocycles. The van der Waals surface area contributed by atoms with Crippen molar-refractivity contribution in [2.75, 3.05) is 13.2 Å². The molecule has 0 aliphatic carbocycles. The first-order valence-electron chi connectivity index (χ1n) is 10.3. The van der Waals surface area contributed by atoms with Crippen molar-refractivity contribution in [1.29, 1.82) is 0 Å². The summed E-state index contributed by atoms with van der Waals surface area (Å²) >= 11 is 0. The number of nitrogens with zero attached hydrogens (tertiary/aromatic N) is 3. The van der Waals surface area contributed by atoms with Gasteiger partial charge in [0.2, 0.25) is 17.7 Å². The molecule has 1 aromatic carbocycles. The molecule has 1 N–H and O–H groups in total. The van der Waals surface area contributed by atoms with Crippen molar-refractivity contribution in [2.45, 2.75) is 43.7 Å². The lowest BCUT2D eigenvalue weighted by Gasteiger charge is -2.31. The number of carbonyl (C=O) groups is 3. The monoisotopic (exact) mass is 425 g/mol. The number of pyridine rings is 1. The average Bonchev–Trinajstić information content (AvgIpc) is 3.34. The Kier molecular flexibility index (Phi) is 5.82. The Morgan fingerprint density at radius 3 is 2.81 bits per heavy atom. The van der Waals surface area contributed by atoms with Gasteiger partial charge in [0.15, 0.2) is 0 Å². The summed E-state index contributed by atoms with van der Waals surface area (Å²) in [4.78, 5) is 46.4. The smallest absolute Gasteiger partial charge is 0.241 e. The fourth-order valence-corrected chi connectivity index (χ4v) is 4.60. The lowest BCUT2D eigenvalue weighted by Crippen LogP contribution is -2.45. The SMILES string of the molecule is O=C1C[C@@](CC(=O)N2CCC[C@H]2CO)(c2cccc(F)c2)C(=O)N1Cc1cccnc1. The van der Waals surface area contributed by atoms with Crippen LogP contribution in [0.15, 0.2) is 48.8 Å². The van der Waals surface area contributed by atoms with Crippen molar-refractivity contribution in [1.82, 2.24) is 14.8 Å². The highest BCUT2D eigenvalue weighted by molar-refractivity contribution is 6.10. The number of aliphatic hydroxyl groups is 1. The van der Waals surface area contributed by atoms with Gasteiger partial charge in [0.1, 0.15) is 5.82 Å². The topological polar surface area (TPSA) is 90.8 Å². The van der Waals surface area contributed by atoms with Crippen molar-refractivity contribution >= 4 is 17.7 Å². The van der Waals surface area contributed by atoms with Gasteiger partial charge in [-0.3, -0.25) is 24.3 Å². The van der Waals surface area contributed by atoms with Crippen LogP contribution in [-0.2, 0) is 26.3 Å². The van der Waals surface area contributed by atoms with Gasteiger partial charge in [-0.15, -0.1) is 0 Å². The number of rotatable bonds is 6. The van der Waals surface area contributed by atoms with Gasteiger partial charge in [0, 0.05) is 31.8 Å². The lowest BCUT2D eigenvalue weighted by molar-refractivity contribution is -0.143. The molecule has 0 saturated carbocycles. The van der Waals surface area contributed by atoms with Gasteiger partial charge in [0.25, 0.3) is 0 Å². The van der Waals surface area contributed by atoms with E-state index in [2.05, 4.69) is 4.98 Å². The van der Waals surface area contributed by atoms with Gasteiger partial charge >= 0.3 is 0 Å². The number of likely N-dealkylation sites (tertiary alicyclic amines) is 2. The molecule has 4 rings (SSSR count). The fourth-order valence-electron chi connectivity index (χ4n) is 4.60. The first-order chi connectivity index (χ1) is 14.9. The highest BCUT2D eigenvalue weighted by atomic mass is 19.1. The van der Waals surface area contributed by atoms with Crippen molar-refractivity contribution in [2.24, 2.45) is 0 Å². The van der Waals surface area contributed by atoms with Crippen molar-refractivity contribution in [3.8, 4) is 0 Å². The van der Waals surface area contributed by atoms with Gasteiger partial charge in [-0.2, -0.15) is 0 Å². The maximum absolute atomic E-state index is 14.1. The second kappa shape index (κ2) is 8.55. The quantitative estimate of drug-likeness (QED) is 0.713. The van der Waals surface area contributed by atoms with Crippen LogP contribution < -0.4 is 0 Å². The van der Waals surface area contributed by atoms with Crippen molar-refractivity contribution in [3.05, 3.63) is 65.7 Å². The summed E-state index contributed by atoms with van der Waals surface area (Å²) in [6, 6.07) is 8.72. The van der Waals surface area contributed by atoms with Crippen LogP contribution in [0.25, 0.3) is 0 Å². The van der Waals surface area contributed by atoms with Gasteiger partial charge in [-0.25, -0.2) is 4.39 Å². The third-order valence-electron chi connectivity index (χ3n) is 6.21. The van der Waals surface area contributed by atoms with Crippen LogP contribution >= 0.6 is 0 Å². The Morgan fingerprint density at radius 2 is 2.10 bits per heavy atom. The molecule has 2 aliphatic rings. The molecule has 1 aromatic heterocycles. The van der Waals surface area contributed by atoms with E-state index in [0.717, 1.165) is 11.3 Å². The number of hydrogen-bond acceptors (Lipinski definition) is 5. The number of aliphatic hydroxyl groups excluding tert-OH is 1. The summed E-state index contributed by atoms with van der Waals surface area (Å²) in [5, 5.41) is 9.59. The number of carbonyl (C=O) groups excluding carboxylic acids is 3. The summed E-state index contributed by atoms with van der Waals surface area (Å²) in [7, 11) is 0. The van der Waals surface area contributed by atoms with Crippen LogP contribution in [0.4, 0.5) is 4.39 Å².